The van der Waals surface area contributed by atoms with E-state index in [1.807, 2.05) is 13.0 Å². The van der Waals surface area contributed by atoms with Crippen LogP contribution in [0.3, 0.4) is 0 Å². The third kappa shape index (κ3) is 2.05. The fourth-order valence-corrected chi connectivity index (χ4v) is 2.08. The van der Waals surface area contributed by atoms with Crippen LogP contribution in [-0.2, 0) is 0 Å². The lowest BCUT2D eigenvalue weighted by atomic mass is 10.2. The third-order valence-corrected chi connectivity index (χ3v) is 2.92. The Hall–Kier alpha value is -1.28. The quantitative estimate of drug-likeness (QED) is 0.750. The molecule has 15 heavy (non-hydrogen) atoms. The number of allylic oxidation sites excluding steroid dienone is 2. The van der Waals surface area contributed by atoms with Gasteiger partial charge < -0.3 is 9.88 Å². The van der Waals surface area contributed by atoms with E-state index in [0.29, 0.717) is 6.04 Å². The molecular formula is C13H18N2. The normalized spacial score (nSPS) is 23.0. The molecule has 2 heteroatoms. The van der Waals surface area contributed by atoms with Crippen LogP contribution in [0.5, 0.6) is 0 Å². The second-order valence-corrected chi connectivity index (χ2v) is 3.97. The first kappa shape index (κ1) is 10.2. The summed E-state index contributed by atoms with van der Waals surface area (Å²) in [6.45, 7) is 8.29. The van der Waals surface area contributed by atoms with Gasteiger partial charge in [0.1, 0.15) is 0 Å². The number of aromatic nitrogens is 1. The topological polar surface area (TPSA) is 17.0 Å². The van der Waals surface area contributed by atoms with E-state index in [9.17, 15) is 0 Å². The molecule has 2 rings (SSSR count). The highest BCUT2D eigenvalue weighted by molar-refractivity contribution is 5.35. The predicted octanol–water partition coefficient (Wildman–Crippen LogP) is 0.789. The molecule has 0 saturated carbocycles. The first-order valence-corrected chi connectivity index (χ1v) is 5.52. The van der Waals surface area contributed by atoms with Gasteiger partial charge in [-0.2, -0.15) is 0 Å². The molecule has 0 aromatic carbocycles. The van der Waals surface area contributed by atoms with Crippen LogP contribution in [0.25, 0.3) is 12.7 Å². The Morgan fingerprint density at radius 3 is 3.13 bits per heavy atom. The molecule has 0 bridgehead atoms. The molecule has 1 saturated heterocycles. The molecule has 1 aromatic rings. The van der Waals surface area contributed by atoms with Gasteiger partial charge in [0.2, 0.25) is 0 Å². The van der Waals surface area contributed by atoms with Crippen LogP contribution in [0.2, 0.25) is 0 Å². The Balaban J connectivity index is 2.43. The summed E-state index contributed by atoms with van der Waals surface area (Å²) in [5, 5.41) is 5.74. The maximum Gasteiger partial charge on any atom is 0.0477 e. The Kier molecular flexibility index (Phi) is 3.07. The number of rotatable bonds is 2. The minimum absolute atomic E-state index is 0.594. The Morgan fingerprint density at radius 1 is 1.60 bits per heavy atom. The van der Waals surface area contributed by atoms with Crippen molar-refractivity contribution in [3.63, 3.8) is 0 Å². The Bertz CT molecular complexity index is 447. The molecule has 0 spiro atoms. The van der Waals surface area contributed by atoms with E-state index in [4.69, 9.17) is 0 Å². The lowest BCUT2D eigenvalue weighted by molar-refractivity contribution is 0.537. The third-order valence-electron chi connectivity index (χ3n) is 2.92. The molecule has 1 N–H and O–H groups in total. The molecule has 1 aliphatic heterocycles. The average Bonchev–Trinajstić information content (AvgIpc) is 2.84. The van der Waals surface area contributed by atoms with E-state index >= 15 is 0 Å². The van der Waals surface area contributed by atoms with Gasteiger partial charge in [0.25, 0.3) is 0 Å². The fraction of sp³-hybridized carbons (Fsp3) is 0.385. The van der Waals surface area contributed by atoms with Crippen molar-refractivity contribution in [3.8, 4) is 0 Å². The van der Waals surface area contributed by atoms with Gasteiger partial charge in [-0.3, -0.25) is 0 Å². The van der Waals surface area contributed by atoms with Crippen molar-refractivity contribution in [1.29, 1.82) is 0 Å². The van der Waals surface area contributed by atoms with E-state index in [0.717, 1.165) is 18.3 Å². The SMILES string of the molecule is C=c1ccn(C2CCNC2)/c1=C/C=C\C. The first-order valence-electron chi connectivity index (χ1n) is 5.52. The molecule has 1 fully saturated rings. The van der Waals surface area contributed by atoms with Crippen molar-refractivity contribution in [3.05, 3.63) is 35.0 Å². The van der Waals surface area contributed by atoms with Gasteiger partial charge in [0.15, 0.2) is 0 Å². The molecule has 0 amide bonds. The van der Waals surface area contributed by atoms with Crippen molar-refractivity contribution >= 4 is 12.7 Å². The summed E-state index contributed by atoms with van der Waals surface area (Å²) < 4.78 is 2.34. The van der Waals surface area contributed by atoms with Crippen molar-refractivity contribution in [2.24, 2.45) is 0 Å². The first-order chi connectivity index (χ1) is 7.33. The van der Waals surface area contributed by atoms with Gasteiger partial charge in [-0.05, 0) is 37.3 Å². The van der Waals surface area contributed by atoms with Crippen LogP contribution in [0.15, 0.2) is 24.4 Å². The molecule has 0 aliphatic carbocycles. The summed E-state index contributed by atoms with van der Waals surface area (Å²) in [4.78, 5) is 0. The van der Waals surface area contributed by atoms with Crippen molar-refractivity contribution in [2.45, 2.75) is 19.4 Å². The van der Waals surface area contributed by atoms with Crippen LogP contribution < -0.4 is 15.9 Å². The van der Waals surface area contributed by atoms with Crippen LogP contribution in [0, 0.1) is 0 Å². The van der Waals surface area contributed by atoms with E-state index in [2.05, 4.69) is 40.9 Å². The Labute approximate surface area is 90.6 Å². The molecular weight excluding hydrogens is 184 g/mol. The molecule has 1 atom stereocenters. The summed E-state index contributed by atoms with van der Waals surface area (Å²) in [6.07, 6.45) is 9.62. The summed E-state index contributed by atoms with van der Waals surface area (Å²) in [6, 6.07) is 2.69. The second kappa shape index (κ2) is 4.49. The summed E-state index contributed by atoms with van der Waals surface area (Å²) in [7, 11) is 0. The van der Waals surface area contributed by atoms with Gasteiger partial charge in [0, 0.05) is 24.1 Å². The highest BCUT2D eigenvalue weighted by Crippen LogP contribution is 2.11. The average molecular weight is 202 g/mol. The zero-order valence-electron chi connectivity index (χ0n) is 9.24. The van der Waals surface area contributed by atoms with E-state index in [1.165, 1.54) is 11.8 Å². The van der Waals surface area contributed by atoms with Gasteiger partial charge in [-0.1, -0.05) is 18.7 Å². The molecule has 80 valence electrons. The van der Waals surface area contributed by atoms with Crippen molar-refractivity contribution in [1.82, 2.24) is 9.88 Å². The molecule has 1 unspecified atom stereocenters. The fourth-order valence-electron chi connectivity index (χ4n) is 2.08. The van der Waals surface area contributed by atoms with Crippen LogP contribution >= 0.6 is 0 Å². The van der Waals surface area contributed by atoms with E-state index in [1.54, 1.807) is 0 Å². The van der Waals surface area contributed by atoms with Gasteiger partial charge >= 0.3 is 0 Å². The number of hydrogen-bond acceptors (Lipinski definition) is 1. The molecule has 1 aromatic heterocycles. The van der Waals surface area contributed by atoms with Gasteiger partial charge in [0.05, 0.1) is 0 Å². The summed E-state index contributed by atoms with van der Waals surface area (Å²) in [5.74, 6) is 0. The number of nitrogens with zero attached hydrogens (tertiary/aromatic N) is 1. The summed E-state index contributed by atoms with van der Waals surface area (Å²) in [5.41, 5.74) is 0. The van der Waals surface area contributed by atoms with E-state index in [-0.39, 0.29) is 0 Å². The smallest absolute Gasteiger partial charge is 0.0477 e. The second-order valence-electron chi connectivity index (χ2n) is 3.97. The van der Waals surface area contributed by atoms with Crippen LogP contribution in [0.1, 0.15) is 19.4 Å². The maximum absolute atomic E-state index is 4.06. The minimum Gasteiger partial charge on any atom is -0.343 e. The molecule has 2 nitrogen and oxygen atoms in total. The highest BCUT2D eigenvalue weighted by Gasteiger charge is 2.15. The van der Waals surface area contributed by atoms with Gasteiger partial charge in [-0.15, -0.1) is 0 Å². The minimum atomic E-state index is 0.594. The zero-order chi connectivity index (χ0) is 10.7. The Morgan fingerprint density at radius 2 is 2.47 bits per heavy atom. The molecule has 1 aliphatic rings. The largest absolute Gasteiger partial charge is 0.343 e. The lowest BCUT2D eigenvalue weighted by Gasteiger charge is -2.11. The zero-order valence-corrected chi connectivity index (χ0v) is 9.24. The van der Waals surface area contributed by atoms with Crippen LogP contribution in [0.4, 0.5) is 0 Å². The highest BCUT2D eigenvalue weighted by atomic mass is 15.1. The van der Waals surface area contributed by atoms with Gasteiger partial charge in [-0.25, -0.2) is 0 Å². The van der Waals surface area contributed by atoms with Crippen LogP contribution in [-0.4, -0.2) is 17.7 Å². The van der Waals surface area contributed by atoms with Crippen molar-refractivity contribution < 1.29 is 0 Å². The van der Waals surface area contributed by atoms with E-state index < -0.39 is 0 Å². The predicted molar refractivity (Wildman–Crippen MR) is 65.0 cm³/mol. The monoisotopic (exact) mass is 202 g/mol. The molecule has 2 heterocycles. The standard InChI is InChI=1S/C13H18N2/c1-3-4-5-13-11(2)7-9-15(13)12-6-8-14-10-12/h3-5,7,9,12,14H,2,6,8,10H2,1H3/b4-3-,13-5+. The number of nitrogens with one attached hydrogen (secondary N) is 1. The number of hydrogen-bond donors (Lipinski definition) is 1. The van der Waals surface area contributed by atoms with Crippen molar-refractivity contribution in [2.75, 3.05) is 13.1 Å². The molecule has 0 radical (unpaired) electrons. The maximum atomic E-state index is 4.06. The summed E-state index contributed by atoms with van der Waals surface area (Å²) >= 11 is 0. The lowest BCUT2D eigenvalue weighted by Crippen LogP contribution is -2.31.